The van der Waals surface area contributed by atoms with Gasteiger partial charge in [-0.2, -0.15) is 0 Å². The molecule has 59 heavy (non-hydrogen) atoms. The van der Waals surface area contributed by atoms with Gasteiger partial charge in [0.15, 0.2) is 6.10 Å². The summed E-state index contributed by atoms with van der Waals surface area (Å²) in [5.41, 5.74) is 0. The van der Waals surface area contributed by atoms with Crippen molar-refractivity contribution in [3.05, 3.63) is 36.5 Å². The van der Waals surface area contributed by atoms with Gasteiger partial charge in [0.05, 0.1) is 0 Å². The van der Waals surface area contributed by atoms with Crippen molar-refractivity contribution in [3.63, 3.8) is 0 Å². The maximum absolute atomic E-state index is 12.8. The Labute approximate surface area is 365 Å². The summed E-state index contributed by atoms with van der Waals surface area (Å²) in [4.78, 5) is 37.9. The third-order valence-corrected chi connectivity index (χ3v) is 11.1. The monoisotopic (exact) mass is 829 g/mol. The summed E-state index contributed by atoms with van der Waals surface area (Å²) < 4.78 is 16.8. The minimum atomic E-state index is -0.778. The van der Waals surface area contributed by atoms with Crippen LogP contribution in [0.2, 0.25) is 0 Å². The van der Waals surface area contributed by atoms with Gasteiger partial charge in [-0.15, -0.1) is 0 Å². The van der Waals surface area contributed by atoms with Gasteiger partial charge in [-0.05, 0) is 77.0 Å². The van der Waals surface area contributed by atoms with Crippen LogP contribution in [0.5, 0.6) is 0 Å². The average Bonchev–Trinajstić information content (AvgIpc) is 3.23. The normalized spacial score (nSPS) is 12.3. The zero-order valence-electron chi connectivity index (χ0n) is 39.3. The molecule has 0 spiro atoms. The summed E-state index contributed by atoms with van der Waals surface area (Å²) in [5, 5.41) is 0. The van der Waals surface area contributed by atoms with E-state index >= 15 is 0 Å². The number of ether oxygens (including phenoxy) is 3. The summed E-state index contributed by atoms with van der Waals surface area (Å²) in [6.07, 6.45) is 55.5. The molecule has 0 aliphatic rings. The van der Waals surface area contributed by atoms with E-state index in [4.69, 9.17) is 14.2 Å². The Morgan fingerprint density at radius 3 is 1.00 bits per heavy atom. The fourth-order valence-electron chi connectivity index (χ4n) is 7.23. The number of unbranched alkanes of at least 4 members (excludes halogenated alkanes) is 29. The fourth-order valence-corrected chi connectivity index (χ4v) is 7.23. The maximum atomic E-state index is 12.8. The number of esters is 3. The minimum absolute atomic E-state index is 0.0777. The summed E-state index contributed by atoms with van der Waals surface area (Å²) in [5.74, 6) is -0.892. The van der Waals surface area contributed by atoms with Crippen LogP contribution in [0.25, 0.3) is 0 Å². The number of carbonyl (C=O) groups is 3. The zero-order valence-corrected chi connectivity index (χ0v) is 39.3. The van der Waals surface area contributed by atoms with Crippen LogP contribution in [0.15, 0.2) is 36.5 Å². The largest absolute Gasteiger partial charge is 0.462 e. The van der Waals surface area contributed by atoms with Gasteiger partial charge in [0.2, 0.25) is 0 Å². The Morgan fingerprint density at radius 2 is 0.610 bits per heavy atom. The molecule has 0 saturated heterocycles. The first-order valence-corrected chi connectivity index (χ1v) is 25.5. The molecule has 1 atom stereocenters. The molecule has 6 heteroatoms. The SMILES string of the molecule is CCCCC/C=C\C/C=C\CCCCCCCC(=O)O[C@H](COC(=O)CCCCCCC/C=C\CCCCCC)COC(=O)CCCCCCCCCCCCCCC. The number of hydrogen-bond acceptors (Lipinski definition) is 6. The van der Waals surface area contributed by atoms with Crippen molar-refractivity contribution < 1.29 is 28.6 Å². The van der Waals surface area contributed by atoms with Gasteiger partial charge in [0.25, 0.3) is 0 Å². The smallest absolute Gasteiger partial charge is 0.306 e. The molecule has 0 fully saturated rings. The highest BCUT2D eigenvalue weighted by molar-refractivity contribution is 5.71. The predicted molar refractivity (Wildman–Crippen MR) is 252 cm³/mol. The second-order valence-corrected chi connectivity index (χ2v) is 17.1. The molecule has 0 unspecified atom stereocenters. The molecule has 0 rings (SSSR count). The maximum Gasteiger partial charge on any atom is 0.306 e. The molecule has 0 saturated carbocycles. The minimum Gasteiger partial charge on any atom is -0.462 e. The van der Waals surface area contributed by atoms with Crippen LogP contribution < -0.4 is 0 Å². The Bertz CT molecular complexity index is 1000. The van der Waals surface area contributed by atoms with E-state index in [0.29, 0.717) is 19.3 Å². The lowest BCUT2D eigenvalue weighted by molar-refractivity contribution is -0.167. The molecule has 0 bridgehead atoms. The summed E-state index contributed by atoms with van der Waals surface area (Å²) in [6, 6.07) is 0. The molecule has 0 heterocycles. The van der Waals surface area contributed by atoms with Crippen LogP contribution >= 0.6 is 0 Å². The third kappa shape index (κ3) is 46.5. The highest BCUT2D eigenvalue weighted by Gasteiger charge is 2.19. The molecule has 0 amide bonds. The van der Waals surface area contributed by atoms with Crippen LogP contribution in [0.3, 0.4) is 0 Å². The van der Waals surface area contributed by atoms with Gasteiger partial charge in [-0.1, -0.05) is 205 Å². The second kappa shape index (κ2) is 48.3. The van der Waals surface area contributed by atoms with Gasteiger partial charge in [-0.25, -0.2) is 0 Å². The molecule has 6 nitrogen and oxygen atoms in total. The van der Waals surface area contributed by atoms with E-state index in [1.54, 1.807) is 0 Å². The van der Waals surface area contributed by atoms with E-state index < -0.39 is 6.10 Å². The Morgan fingerprint density at radius 1 is 0.339 bits per heavy atom. The van der Waals surface area contributed by atoms with Crippen LogP contribution in [-0.4, -0.2) is 37.2 Å². The van der Waals surface area contributed by atoms with Gasteiger partial charge < -0.3 is 14.2 Å². The number of hydrogen-bond donors (Lipinski definition) is 0. The van der Waals surface area contributed by atoms with E-state index in [2.05, 4.69) is 57.2 Å². The van der Waals surface area contributed by atoms with Crippen LogP contribution in [0.4, 0.5) is 0 Å². The van der Waals surface area contributed by atoms with Gasteiger partial charge >= 0.3 is 17.9 Å². The van der Waals surface area contributed by atoms with Crippen molar-refractivity contribution in [2.75, 3.05) is 13.2 Å². The van der Waals surface area contributed by atoms with E-state index in [1.807, 2.05) is 0 Å². The lowest BCUT2D eigenvalue weighted by atomic mass is 10.0. The first-order valence-electron chi connectivity index (χ1n) is 25.5. The van der Waals surface area contributed by atoms with Crippen molar-refractivity contribution in [1.29, 1.82) is 0 Å². The van der Waals surface area contributed by atoms with E-state index in [0.717, 1.165) is 89.9 Å². The van der Waals surface area contributed by atoms with Gasteiger partial charge in [0.1, 0.15) is 13.2 Å². The topological polar surface area (TPSA) is 78.9 Å². The molecule has 0 aliphatic carbocycles. The zero-order chi connectivity index (χ0) is 43.0. The molecule has 0 radical (unpaired) electrons. The number of carbonyl (C=O) groups excluding carboxylic acids is 3. The molecule has 0 aromatic rings. The van der Waals surface area contributed by atoms with Crippen LogP contribution in [0.1, 0.15) is 265 Å². The van der Waals surface area contributed by atoms with Crippen LogP contribution in [0, 0.1) is 0 Å². The molecule has 0 aromatic heterocycles. The van der Waals surface area contributed by atoms with E-state index in [1.165, 1.54) is 135 Å². The number of rotatable bonds is 46. The van der Waals surface area contributed by atoms with Crippen molar-refractivity contribution in [1.82, 2.24) is 0 Å². The standard InChI is InChI=1S/C53H96O6/c1-4-7-10-13-16-19-22-25-26-29-32-35-38-41-44-47-53(56)59-50(48-57-51(54)45-42-39-36-33-30-27-23-20-17-14-11-8-5-2)49-58-52(55)46-43-40-37-34-31-28-24-21-18-15-12-9-6-3/h16,19-20,23,25-26,50H,4-15,17-18,21-22,24,27-49H2,1-3H3/b19-16-,23-20-,26-25-/t50-/m1/s1. The Balaban J connectivity index is 4.39. The fraction of sp³-hybridized carbons (Fsp3) is 0.830. The first kappa shape index (κ1) is 56.6. The van der Waals surface area contributed by atoms with Gasteiger partial charge in [-0.3, -0.25) is 14.4 Å². The molecule has 0 N–H and O–H groups in total. The second-order valence-electron chi connectivity index (χ2n) is 17.1. The molecule has 0 aliphatic heterocycles. The first-order chi connectivity index (χ1) is 29.0. The average molecular weight is 829 g/mol. The molecule has 0 aromatic carbocycles. The van der Waals surface area contributed by atoms with Crippen molar-refractivity contribution in [2.45, 2.75) is 271 Å². The van der Waals surface area contributed by atoms with Crippen molar-refractivity contribution in [2.24, 2.45) is 0 Å². The predicted octanol–water partition coefficient (Wildman–Crippen LogP) is 16.5. The lowest BCUT2D eigenvalue weighted by Gasteiger charge is -2.18. The summed E-state index contributed by atoms with van der Waals surface area (Å²) in [7, 11) is 0. The van der Waals surface area contributed by atoms with E-state index in [-0.39, 0.29) is 31.1 Å². The highest BCUT2D eigenvalue weighted by atomic mass is 16.6. The highest BCUT2D eigenvalue weighted by Crippen LogP contribution is 2.15. The third-order valence-electron chi connectivity index (χ3n) is 11.1. The van der Waals surface area contributed by atoms with Gasteiger partial charge in [0, 0.05) is 19.3 Å². The summed E-state index contributed by atoms with van der Waals surface area (Å²) in [6.45, 7) is 6.59. The lowest BCUT2D eigenvalue weighted by Crippen LogP contribution is -2.30. The van der Waals surface area contributed by atoms with Crippen molar-refractivity contribution >= 4 is 17.9 Å². The molecule has 344 valence electrons. The number of allylic oxidation sites excluding steroid dienone is 6. The summed E-state index contributed by atoms with van der Waals surface area (Å²) >= 11 is 0. The molecular formula is C53H96O6. The van der Waals surface area contributed by atoms with E-state index in [9.17, 15) is 14.4 Å². The Kier molecular flexibility index (Phi) is 46.4. The Hall–Kier alpha value is -2.37. The van der Waals surface area contributed by atoms with Crippen molar-refractivity contribution in [3.8, 4) is 0 Å². The van der Waals surface area contributed by atoms with Crippen LogP contribution in [-0.2, 0) is 28.6 Å². The quantitative estimate of drug-likeness (QED) is 0.0263. The molecular weight excluding hydrogens is 733 g/mol.